The molecule has 7 nitrogen and oxygen atoms in total. The number of pyridine rings is 1. The number of nitrogens with one attached hydrogen (secondary N) is 2. The van der Waals surface area contributed by atoms with Gasteiger partial charge in [0.15, 0.2) is 0 Å². The van der Waals surface area contributed by atoms with Gasteiger partial charge in [-0.2, -0.15) is 0 Å². The van der Waals surface area contributed by atoms with Gasteiger partial charge in [0.2, 0.25) is 10.0 Å². The summed E-state index contributed by atoms with van der Waals surface area (Å²) in [6.07, 6.45) is 1.37. The fourth-order valence-corrected chi connectivity index (χ4v) is 2.18. The fourth-order valence-electron chi connectivity index (χ4n) is 1.22. The van der Waals surface area contributed by atoms with Crippen molar-refractivity contribution in [3.8, 4) is 0 Å². The van der Waals surface area contributed by atoms with E-state index in [1.807, 2.05) is 0 Å². The molecule has 0 saturated heterocycles. The average Bonchev–Trinajstić information content (AvgIpc) is 2.29. The van der Waals surface area contributed by atoms with Crippen molar-refractivity contribution in [1.29, 1.82) is 0 Å². The number of sulfonamides is 1. The van der Waals surface area contributed by atoms with Gasteiger partial charge in [-0.05, 0) is 12.1 Å². The summed E-state index contributed by atoms with van der Waals surface area (Å²) in [5.41, 5.74) is 6.09. The summed E-state index contributed by atoms with van der Waals surface area (Å²) in [6.45, 7) is 2.05. The van der Waals surface area contributed by atoms with Crippen LogP contribution in [0.5, 0.6) is 0 Å². The van der Waals surface area contributed by atoms with Gasteiger partial charge in [0.25, 0.3) is 5.91 Å². The van der Waals surface area contributed by atoms with Crippen LogP contribution in [0.3, 0.4) is 0 Å². The van der Waals surface area contributed by atoms with E-state index in [0.717, 1.165) is 0 Å². The maximum absolute atomic E-state index is 11.6. The highest BCUT2D eigenvalue weighted by Crippen LogP contribution is 2.00. The molecule has 1 amide bonds. The SMILES string of the molecule is CCNS(=O)(=O)CCNC(=O)c1ccc(N)cn1. The molecule has 0 atom stereocenters. The first-order valence-corrected chi connectivity index (χ1v) is 7.07. The number of hydrogen-bond acceptors (Lipinski definition) is 5. The largest absolute Gasteiger partial charge is 0.397 e. The highest BCUT2D eigenvalue weighted by atomic mass is 32.2. The van der Waals surface area contributed by atoms with Crippen molar-refractivity contribution in [3.63, 3.8) is 0 Å². The predicted octanol–water partition coefficient (Wildman–Crippen LogP) is -0.667. The van der Waals surface area contributed by atoms with Gasteiger partial charge in [0.1, 0.15) is 5.69 Å². The zero-order valence-electron chi connectivity index (χ0n) is 10.0. The molecular weight excluding hydrogens is 256 g/mol. The van der Waals surface area contributed by atoms with Crippen LogP contribution in [0.15, 0.2) is 18.3 Å². The van der Waals surface area contributed by atoms with E-state index in [-0.39, 0.29) is 18.0 Å². The molecule has 0 aromatic carbocycles. The van der Waals surface area contributed by atoms with Gasteiger partial charge in [-0.15, -0.1) is 0 Å². The van der Waals surface area contributed by atoms with Gasteiger partial charge >= 0.3 is 0 Å². The van der Waals surface area contributed by atoms with Gasteiger partial charge in [0.05, 0.1) is 17.6 Å². The number of aromatic nitrogens is 1. The molecule has 4 N–H and O–H groups in total. The first-order chi connectivity index (χ1) is 8.44. The molecule has 8 heteroatoms. The molecule has 1 heterocycles. The van der Waals surface area contributed by atoms with E-state index < -0.39 is 15.9 Å². The van der Waals surface area contributed by atoms with E-state index in [4.69, 9.17) is 5.73 Å². The van der Waals surface area contributed by atoms with E-state index in [1.165, 1.54) is 12.3 Å². The molecule has 0 fully saturated rings. The predicted molar refractivity (Wildman–Crippen MR) is 68.4 cm³/mol. The first-order valence-electron chi connectivity index (χ1n) is 5.41. The van der Waals surface area contributed by atoms with Gasteiger partial charge in [-0.1, -0.05) is 6.92 Å². The van der Waals surface area contributed by atoms with Crippen molar-refractivity contribution in [1.82, 2.24) is 15.0 Å². The number of anilines is 1. The van der Waals surface area contributed by atoms with Gasteiger partial charge in [-0.25, -0.2) is 18.1 Å². The zero-order chi connectivity index (χ0) is 13.6. The molecule has 0 spiro atoms. The van der Waals surface area contributed by atoms with E-state index in [9.17, 15) is 13.2 Å². The van der Waals surface area contributed by atoms with Crippen molar-refractivity contribution in [2.45, 2.75) is 6.92 Å². The Labute approximate surface area is 106 Å². The summed E-state index contributed by atoms with van der Waals surface area (Å²) in [7, 11) is -3.32. The second-order valence-corrected chi connectivity index (χ2v) is 5.48. The van der Waals surface area contributed by atoms with E-state index in [2.05, 4.69) is 15.0 Å². The standard InChI is InChI=1S/C10H16N4O3S/c1-2-14-18(16,17)6-5-12-10(15)9-4-3-8(11)7-13-9/h3-4,7,14H,2,5-6,11H2,1H3,(H,12,15). The van der Waals surface area contributed by atoms with Crippen LogP contribution in [0.4, 0.5) is 5.69 Å². The Morgan fingerprint density at radius 1 is 1.44 bits per heavy atom. The molecular formula is C10H16N4O3S. The lowest BCUT2D eigenvalue weighted by Gasteiger charge is -2.06. The molecule has 0 aliphatic carbocycles. The third-order valence-corrected chi connectivity index (χ3v) is 3.51. The lowest BCUT2D eigenvalue weighted by molar-refractivity contribution is 0.0951. The molecule has 1 aromatic rings. The quantitative estimate of drug-likeness (QED) is 0.635. The summed E-state index contributed by atoms with van der Waals surface area (Å²) in [5.74, 6) is -0.594. The van der Waals surface area contributed by atoms with Crippen LogP contribution in [-0.4, -0.2) is 38.2 Å². The van der Waals surface area contributed by atoms with Crippen LogP contribution < -0.4 is 15.8 Å². The molecule has 0 aliphatic heterocycles. The summed E-state index contributed by atoms with van der Waals surface area (Å²) in [4.78, 5) is 15.4. The summed E-state index contributed by atoms with van der Waals surface area (Å²) in [6, 6.07) is 3.03. The Morgan fingerprint density at radius 3 is 2.72 bits per heavy atom. The maximum atomic E-state index is 11.6. The van der Waals surface area contributed by atoms with Gasteiger partial charge in [-0.3, -0.25) is 4.79 Å². The second kappa shape index (κ2) is 6.31. The molecule has 1 rings (SSSR count). The molecule has 1 aromatic heterocycles. The highest BCUT2D eigenvalue weighted by molar-refractivity contribution is 7.89. The third kappa shape index (κ3) is 4.68. The Balaban J connectivity index is 2.45. The van der Waals surface area contributed by atoms with E-state index in [0.29, 0.717) is 12.2 Å². The highest BCUT2D eigenvalue weighted by Gasteiger charge is 2.10. The number of rotatable bonds is 6. The molecule has 0 aliphatic rings. The van der Waals surface area contributed by atoms with Crippen molar-refractivity contribution in [2.24, 2.45) is 0 Å². The Morgan fingerprint density at radius 2 is 2.17 bits per heavy atom. The van der Waals surface area contributed by atoms with Crippen molar-refractivity contribution >= 4 is 21.6 Å². The van der Waals surface area contributed by atoms with E-state index in [1.54, 1.807) is 13.0 Å². The summed E-state index contributed by atoms with van der Waals surface area (Å²) < 4.78 is 24.9. The number of nitrogen functional groups attached to an aromatic ring is 1. The molecule has 0 bridgehead atoms. The van der Waals surface area contributed by atoms with Crippen molar-refractivity contribution < 1.29 is 13.2 Å². The number of carbonyl (C=O) groups excluding carboxylic acids is 1. The minimum Gasteiger partial charge on any atom is -0.397 e. The fraction of sp³-hybridized carbons (Fsp3) is 0.400. The summed E-state index contributed by atoms with van der Waals surface area (Å²) in [5, 5.41) is 2.47. The van der Waals surface area contributed by atoms with Crippen LogP contribution in [0, 0.1) is 0 Å². The minimum atomic E-state index is -3.32. The Bertz CT molecular complexity index is 498. The van der Waals surface area contributed by atoms with Gasteiger partial charge in [0, 0.05) is 13.1 Å². The van der Waals surface area contributed by atoms with Gasteiger partial charge < -0.3 is 11.1 Å². The number of amides is 1. The molecule has 0 saturated carbocycles. The van der Waals surface area contributed by atoms with E-state index >= 15 is 0 Å². The molecule has 0 unspecified atom stereocenters. The lowest BCUT2D eigenvalue weighted by atomic mass is 10.3. The molecule has 100 valence electrons. The summed E-state index contributed by atoms with van der Waals surface area (Å²) >= 11 is 0. The first kappa shape index (κ1) is 14.4. The molecule has 18 heavy (non-hydrogen) atoms. The number of nitrogens with two attached hydrogens (primary N) is 1. The topological polar surface area (TPSA) is 114 Å². The third-order valence-electron chi connectivity index (χ3n) is 2.04. The monoisotopic (exact) mass is 272 g/mol. The average molecular weight is 272 g/mol. The van der Waals surface area contributed by atoms with Crippen LogP contribution in [0.25, 0.3) is 0 Å². The lowest BCUT2D eigenvalue weighted by Crippen LogP contribution is -2.34. The van der Waals surface area contributed by atoms with Crippen LogP contribution in [-0.2, 0) is 10.0 Å². The maximum Gasteiger partial charge on any atom is 0.269 e. The van der Waals surface area contributed by atoms with Crippen molar-refractivity contribution in [2.75, 3.05) is 24.6 Å². The normalized spacial score (nSPS) is 11.2. The minimum absolute atomic E-state index is 0.0280. The smallest absolute Gasteiger partial charge is 0.269 e. The number of hydrogen-bond donors (Lipinski definition) is 3. The van der Waals surface area contributed by atoms with Crippen LogP contribution >= 0.6 is 0 Å². The second-order valence-electron chi connectivity index (χ2n) is 3.55. The Hall–Kier alpha value is -1.67. The number of carbonyl (C=O) groups is 1. The van der Waals surface area contributed by atoms with Crippen molar-refractivity contribution in [3.05, 3.63) is 24.0 Å². The number of nitrogens with zero attached hydrogens (tertiary/aromatic N) is 1. The van der Waals surface area contributed by atoms with Crippen LogP contribution in [0.2, 0.25) is 0 Å². The zero-order valence-corrected chi connectivity index (χ0v) is 10.8. The Kier molecular flexibility index (Phi) is 5.05. The van der Waals surface area contributed by atoms with Crippen LogP contribution in [0.1, 0.15) is 17.4 Å². The molecule has 0 radical (unpaired) electrons.